The van der Waals surface area contributed by atoms with Crippen molar-refractivity contribution in [2.75, 3.05) is 7.11 Å². The summed E-state index contributed by atoms with van der Waals surface area (Å²) in [6.07, 6.45) is 15.8. The number of rotatable bonds is 1. The summed E-state index contributed by atoms with van der Waals surface area (Å²) in [6.45, 7) is 5.20. The Bertz CT molecular complexity index is 453. The van der Waals surface area contributed by atoms with Crippen molar-refractivity contribution in [1.29, 1.82) is 0 Å². The van der Waals surface area contributed by atoms with Crippen LogP contribution >= 0.6 is 0 Å². The Labute approximate surface area is 130 Å². The van der Waals surface area contributed by atoms with Crippen LogP contribution in [0.2, 0.25) is 0 Å². The fraction of sp³-hybridized carbons (Fsp3) is 0.900. The molecule has 0 aliphatic heterocycles. The van der Waals surface area contributed by atoms with E-state index >= 15 is 0 Å². The molecule has 0 saturated heterocycles. The predicted octanol–water partition coefficient (Wildman–Crippen LogP) is 5.35. The molecule has 0 amide bonds. The third-order valence-corrected chi connectivity index (χ3v) is 8.17. The lowest BCUT2D eigenvalue weighted by Gasteiger charge is -2.57. The van der Waals surface area contributed by atoms with Crippen LogP contribution in [-0.2, 0) is 4.74 Å². The van der Waals surface area contributed by atoms with E-state index < -0.39 is 0 Å². The standard InChI is InChI=1S/C20H32O/c1-19-10-4-5-17(19)16-7-6-14-13-15(21-3)8-12-20(14,2)18(16)9-11-19/h6,15-18H,4-5,7-13H2,1-3H3/t15-,16+,17+,18+,19-,20-/m0/s1. The van der Waals surface area contributed by atoms with Gasteiger partial charge in [-0.05, 0) is 80.0 Å². The van der Waals surface area contributed by atoms with Gasteiger partial charge in [0.1, 0.15) is 0 Å². The first-order chi connectivity index (χ1) is 10.1. The van der Waals surface area contributed by atoms with Gasteiger partial charge in [-0.15, -0.1) is 0 Å². The lowest BCUT2D eigenvalue weighted by atomic mass is 9.48. The molecule has 0 N–H and O–H groups in total. The Morgan fingerprint density at radius 3 is 2.71 bits per heavy atom. The minimum absolute atomic E-state index is 0.487. The van der Waals surface area contributed by atoms with Gasteiger partial charge in [0.25, 0.3) is 0 Å². The van der Waals surface area contributed by atoms with Gasteiger partial charge in [0, 0.05) is 7.11 Å². The fourth-order valence-corrected chi connectivity index (χ4v) is 6.82. The summed E-state index contributed by atoms with van der Waals surface area (Å²) in [5.41, 5.74) is 2.94. The predicted molar refractivity (Wildman–Crippen MR) is 87.1 cm³/mol. The molecule has 1 nitrogen and oxygen atoms in total. The van der Waals surface area contributed by atoms with Gasteiger partial charge in [0.2, 0.25) is 0 Å². The van der Waals surface area contributed by atoms with Crippen molar-refractivity contribution in [1.82, 2.24) is 0 Å². The second-order valence-electron chi connectivity index (χ2n) is 8.94. The average Bonchev–Trinajstić information content (AvgIpc) is 2.88. The Balaban J connectivity index is 1.64. The van der Waals surface area contributed by atoms with Crippen LogP contribution in [0.25, 0.3) is 0 Å². The first-order valence-electron chi connectivity index (χ1n) is 9.29. The molecule has 0 spiro atoms. The monoisotopic (exact) mass is 288 g/mol. The number of hydrogen-bond donors (Lipinski definition) is 0. The van der Waals surface area contributed by atoms with Gasteiger partial charge >= 0.3 is 0 Å². The van der Waals surface area contributed by atoms with E-state index in [-0.39, 0.29) is 0 Å². The molecule has 4 aliphatic carbocycles. The van der Waals surface area contributed by atoms with Crippen LogP contribution in [0.15, 0.2) is 11.6 Å². The Morgan fingerprint density at radius 2 is 1.90 bits per heavy atom. The molecule has 3 fully saturated rings. The molecule has 0 heterocycles. The van der Waals surface area contributed by atoms with E-state index in [0.29, 0.717) is 16.9 Å². The normalized spacial score (nSPS) is 52.6. The summed E-state index contributed by atoms with van der Waals surface area (Å²) in [6, 6.07) is 0. The topological polar surface area (TPSA) is 9.23 Å². The molecule has 0 aromatic rings. The second kappa shape index (κ2) is 4.85. The SMILES string of the molecule is CO[C@H]1CC[C@@]2(C)C(=CC[C@@H]3[C@H]4CCC[C@@]4(C)CC[C@H]32)C1. The minimum Gasteiger partial charge on any atom is -0.381 e. The van der Waals surface area contributed by atoms with Crippen LogP contribution in [0.5, 0.6) is 0 Å². The van der Waals surface area contributed by atoms with Crippen molar-refractivity contribution in [3.8, 4) is 0 Å². The van der Waals surface area contributed by atoms with E-state index in [9.17, 15) is 0 Å². The molecular weight excluding hydrogens is 256 g/mol. The van der Waals surface area contributed by atoms with Gasteiger partial charge in [0.05, 0.1) is 6.10 Å². The molecule has 0 radical (unpaired) electrons. The summed E-state index contributed by atoms with van der Waals surface area (Å²) in [5.74, 6) is 2.97. The zero-order valence-corrected chi connectivity index (χ0v) is 14.2. The number of fused-ring (bicyclic) bond motifs is 5. The maximum absolute atomic E-state index is 5.67. The van der Waals surface area contributed by atoms with Crippen molar-refractivity contribution in [2.45, 2.75) is 77.7 Å². The Kier molecular flexibility index (Phi) is 3.30. The van der Waals surface area contributed by atoms with Crippen molar-refractivity contribution in [2.24, 2.45) is 28.6 Å². The van der Waals surface area contributed by atoms with Crippen LogP contribution < -0.4 is 0 Å². The number of hydrogen-bond acceptors (Lipinski definition) is 1. The molecule has 4 aliphatic rings. The molecule has 3 saturated carbocycles. The van der Waals surface area contributed by atoms with Gasteiger partial charge in [-0.3, -0.25) is 0 Å². The summed E-state index contributed by atoms with van der Waals surface area (Å²) in [7, 11) is 1.89. The maximum Gasteiger partial charge on any atom is 0.0608 e. The van der Waals surface area contributed by atoms with Crippen molar-refractivity contribution < 1.29 is 4.74 Å². The summed E-state index contributed by atoms with van der Waals surface area (Å²) in [5, 5.41) is 0. The van der Waals surface area contributed by atoms with Crippen molar-refractivity contribution in [3.05, 3.63) is 11.6 Å². The highest BCUT2D eigenvalue weighted by molar-refractivity contribution is 5.25. The van der Waals surface area contributed by atoms with Crippen LogP contribution in [0.3, 0.4) is 0 Å². The van der Waals surface area contributed by atoms with Gasteiger partial charge in [-0.25, -0.2) is 0 Å². The van der Waals surface area contributed by atoms with Crippen LogP contribution in [0.1, 0.15) is 71.6 Å². The van der Waals surface area contributed by atoms with Gasteiger partial charge in [-0.2, -0.15) is 0 Å². The molecule has 0 unspecified atom stereocenters. The zero-order chi connectivity index (χ0) is 14.7. The smallest absolute Gasteiger partial charge is 0.0608 e. The first-order valence-corrected chi connectivity index (χ1v) is 9.29. The number of allylic oxidation sites excluding steroid dienone is 1. The van der Waals surface area contributed by atoms with Crippen molar-refractivity contribution in [3.63, 3.8) is 0 Å². The molecule has 1 heteroatoms. The molecule has 6 atom stereocenters. The zero-order valence-electron chi connectivity index (χ0n) is 14.2. The lowest BCUT2D eigenvalue weighted by Crippen LogP contribution is -2.49. The second-order valence-corrected chi connectivity index (χ2v) is 8.94. The van der Waals surface area contributed by atoms with Gasteiger partial charge in [-0.1, -0.05) is 31.9 Å². The largest absolute Gasteiger partial charge is 0.381 e. The van der Waals surface area contributed by atoms with E-state index in [4.69, 9.17) is 4.74 Å². The van der Waals surface area contributed by atoms with Gasteiger partial charge < -0.3 is 4.74 Å². The minimum atomic E-state index is 0.487. The average molecular weight is 288 g/mol. The van der Waals surface area contributed by atoms with Gasteiger partial charge in [0.15, 0.2) is 0 Å². The third-order valence-electron chi connectivity index (χ3n) is 8.17. The molecular formula is C20H32O. The van der Waals surface area contributed by atoms with E-state index in [1.165, 1.54) is 57.8 Å². The third kappa shape index (κ3) is 1.99. The quantitative estimate of drug-likeness (QED) is 0.591. The summed E-state index contributed by atoms with van der Waals surface area (Å²) >= 11 is 0. The Morgan fingerprint density at radius 1 is 1.05 bits per heavy atom. The molecule has 0 bridgehead atoms. The highest BCUT2D eigenvalue weighted by Crippen LogP contribution is 2.64. The Hall–Kier alpha value is -0.300. The van der Waals surface area contributed by atoms with Crippen LogP contribution in [0.4, 0.5) is 0 Å². The molecule has 118 valence electrons. The number of ether oxygens (including phenoxy) is 1. The van der Waals surface area contributed by atoms with Crippen molar-refractivity contribution >= 4 is 0 Å². The van der Waals surface area contributed by atoms with E-state index in [1.807, 2.05) is 7.11 Å². The summed E-state index contributed by atoms with van der Waals surface area (Å²) < 4.78 is 5.67. The molecule has 4 rings (SSSR count). The van der Waals surface area contributed by atoms with E-state index in [0.717, 1.165) is 17.8 Å². The van der Waals surface area contributed by atoms with E-state index in [2.05, 4.69) is 19.9 Å². The fourth-order valence-electron chi connectivity index (χ4n) is 6.82. The highest BCUT2D eigenvalue weighted by atomic mass is 16.5. The maximum atomic E-state index is 5.67. The molecule has 0 aromatic heterocycles. The van der Waals surface area contributed by atoms with E-state index in [1.54, 1.807) is 5.57 Å². The first kappa shape index (κ1) is 14.3. The molecule has 21 heavy (non-hydrogen) atoms. The highest BCUT2D eigenvalue weighted by Gasteiger charge is 2.55. The summed E-state index contributed by atoms with van der Waals surface area (Å²) in [4.78, 5) is 0. The van der Waals surface area contributed by atoms with Crippen LogP contribution in [-0.4, -0.2) is 13.2 Å². The lowest BCUT2D eigenvalue weighted by molar-refractivity contribution is -0.0409. The number of methoxy groups -OCH3 is 1. The molecule has 0 aromatic carbocycles. The van der Waals surface area contributed by atoms with Crippen LogP contribution in [0, 0.1) is 28.6 Å².